The van der Waals surface area contributed by atoms with E-state index in [1.54, 1.807) is 14.0 Å². The Morgan fingerprint density at radius 3 is 2.86 bits per heavy atom. The normalized spacial score (nSPS) is 11.1. The van der Waals surface area contributed by atoms with Crippen LogP contribution >= 0.6 is 23.1 Å². The highest BCUT2D eigenvalue weighted by Gasteiger charge is 2.20. The van der Waals surface area contributed by atoms with E-state index in [0.29, 0.717) is 26.0 Å². The van der Waals surface area contributed by atoms with Gasteiger partial charge in [0.1, 0.15) is 21.1 Å². The minimum Gasteiger partial charge on any atom is -0.477 e. The SMILES string of the molecule is Cc1c(C(=O)O)sc2ncnc(Sc3n[nH]c(=O)n3C)c12. The molecule has 3 rings (SSSR count). The van der Waals surface area contributed by atoms with Crippen LogP contribution < -0.4 is 5.69 Å². The van der Waals surface area contributed by atoms with Gasteiger partial charge in [0.25, 0.3) is 0 Å². The minimum atomic E-state index is -0.987. The summed E-state index contributed by atoms with van der Waals surface area (Å²) in [6.07, 6.45) is 1.37. The zero-order valence-corrected chi connectivity index (χ0v) is 12.6. The molecule has 0 aromatic carbocycles. The van der Waals surface area contributed by atoms with Gasteiger partial charge in [0.2, 0.25) is 0 Å². The van der Waals surface area contributed by atoms with Gasteiger partial charge in [-0.1, -0.05) is 0 Å². The lowest BCUT2D eigenvalue weighted by atomic mass is 10.2. The summed E-state index contributed by atoms with van der Waals surface area (Å²) in [6, 6.07) is 0. The molecule has 21 heavy (non-hydrogen) atoms. The van der Waals surface area contributed by atoms with Crippen LogP contribution in [0.15, 0.2) is 21.3 Å². The Kier molecular flexibility index (Phi) is 3.26. The molecule has 0 fully saturated rings. The molecule has 2 N–H and O–H groups in total. The summed E-state index contributed by atoms with van der Waals surface area (Å²) < 4.78 is 1.36. The number of thiophene rings is 1. The molecule has 3 aromatic rings. The molecule has 8 nitrogen and oxygen atoms in total. The Balaban J connectivity index is 2.17. The van der Waals surface area contributed by atoms with Gasteiger partial charge in [-0.05, 0) is 24.2 Å². The van der Waals surface area contributed by atoms with Crippen LogP contribution in [0.2, 0.25) is 0 Å². The second-order valence-electron chi connectivity index (χ2n) is 4.19. The van der Waals surface area contributed by atoms with Crippen molar-refractivity contribution < 1.29 is 9.90 Å². The number of aryl methyl sites for hydroxylation is 1. The number of hydrogen-bond donors (Lipinski definition) is 2. The average Bonchev–Trinajstić information content (AvgIpc) is 2.95. The standard InChI is InChI=1S/C11H9N5O3S2/c1-4-5-7(20-6(4)9(17)18)12-3-13-8(5)21-11-15-14-10(19)16(11)2/h3H,1-2H3,(H,14,19)(H,17,18). The van der Waals surface area contributed by atoms with Crippen molar-refractivity contribution in [1.82, 2.24) is 24.7 Å². The highest BCUT2D eigenvalue weighted by Crippen LogP contribution is 2.36. The van der Waals surface area contributed by atoms with Gasteiger partial charge in [-0.3, -0.25) is 4.57 Å². The molecule has 0 spiro atoms. The molecular weight excluding hydrogens is 314 g/mol. The van der Waals surface area contributed by atoms with Crippen LogP contribution in [-0.2, 0) is 7.05 Å². The summed E-state index contributed by atoms with van der Waals surface area (Å²) in [5.41, 5.74) is 0.294. The first-order valence-electron chi connectivity index (χ1n) is 5.75. The predicted molar refractivity (Wildman–Crippen MR) is 77.1 cm³/mol. The van der Waals surface area contributed by atoms with Gasteiger partial charge < -0.3 is 5.11 Å². The van der Waals surface area contributed by atoms with E-state index in [1.807, 2.05) is 0 Å². The van der Waals surface area contributed by atoms with E-state index in [-0.39, 0.29) is 10.6 Å². The lowest BCUT2D eigenvalue weighted by molar-refractivity contribution is 0.0701. The highest BCUT2D eigenvalue weighted by atomic mass is 32.2. The highest BCUT2D eigenvalue weighted by molar-refractivity contribution is 7.99. The van der Waals surface area contributed by atoms with E-state index in [1.165, 1.54) is 22.7 Å². The number of aromatic nitrogens is 5. The fraction of sp³-hybridized carbons (Fsp3) is 0.182. The summed E-state index contributed by atoms with van der Waals surface area (Å²) in [6.45, 7) is 1.72. The molecule has 3 aromatic heterocycles. The second-order valence-corrected chi connectivity index (χ2v) is 6.15. The van der Waals surface area contributed by atoms with Crippen molar-refractivity contribution in [2.24, 2.45) is 7.05 Å². The number of hydrogen-bond acceptors (Lipinski definition) is 7. The van der Waals surface area contributed by atoms with Crippen molar-refractivity contribution in [3.63, 3.8) is 0 Å². The Hall–Kier alpha value is -2.20. The van der Waals surface area contributed by atoms with E-state index in [9.17, 15) is 14.7 Å². The second kappa shape index (κ2) is 4.97. The lowest BCUT2D eigenvalue weighted by Gasteiger charge is -2.01. The van der Waals surface area contributed by atoms with Gasteiger partial charge in [-0.25, -0.2) is 24.7 Å². The van der Waals surface area contributed by atoms with Crippen molar-refractivity contribution in [3.05, 3.63) is 27.3 Å². The zero-order valence-electron chi connectivity index (χ0n) is 10.9. The summed E-state index contributed by atoms with van der Waals surface area (Å²) >= 11 is 2.29. The monoisotopic (exact) mass is 323 g/mol. The Morgan fingerprint density at radius 2 is 2.24 bits per heavy atom. The van der Waals surface area contributed by atoms with E-state index < -0.39 is 5.97 Å². The quantitative estimate of drug-likeness (QED) is 0.698. The predicted octanol–water partition coefficient (Wildman–Crippen LogP) is 1.27. The van der Waals surface area contributed by atoms with Crippen LogP contribution in [0.1, 0.15) is 15.2 Å². The molecular formula is C11H9N5O3S2. The number of rotatable bonds is 3. The molecule has 0 atom stereocenters. The van der Waals surface area contributed by atoms with Gasteiger partial charge in [-0.15, -0.1) is 16.4 Å². The maximum absolute atomic E-state index is 11.4. The molecule has 108 valence electrons. The van der Waals surface area contributed by atoms with Crippen LogP contribution in [0, 0.1) is 6.92 Å². The average molecular weight is 323 g/mol. The Bertz CT molecular complexity index is 910. The third-order valence-corrected chi connectivity index (χ3v) is 5.15. The number of H-pyrrole nitrogens is 1. The maximum Gasteiger partial charge on any atom is 0.346 e. The largest absolute Gasteiger partial charge is 0.477 e. The molecule has 0 aliphatic carbocycles. The van der Waals surface area contributed by atoms with Gasteiger partial charge in [0.05, 0.1) is 0 Å². The van der Waals surface area contributed by atoms with Crippen molar-refractivity contribution in [2.75, 3.05) is 0 Å². The van der Waals surface area contributed by atoms with Gasteiger partial charge in [-0.2, -0.15) is 0 Å². The number of aromatic amines is 1. The minimum absolute atomic E-state index is 0.239. The Labute approximate surface area is 125 Å². The fourth-order valence-electron chi connectivity index (χ4n) is 1.83. The molecule has 0 aliphatic rings. The molecule has 3 heterocycles. The first kappa shape index (κ1) is 13.8. The number of carbonyl (C=O) groups is 1. The fourth-order valence-corrected chi connectivity index (χ4v) is 3.82. The first-order valence-corrected chi connectivity index (χ1v) is 7.39. The van der Waals surface area contributed by atoms with E-state index in [4.69, 9.17) is 0 Å². The van der Waals surface area contributed by atoms with Crippen LogP contribution in [-0.4, -0.2) is 35.8 Å². The number of nitrogens with one attached hydrogen (secondary N) is 1. The maximum atomic E-state index is 11.4. The topological polar surface area (TPSA) is 114 Å². The third-order valence-electron chi connectivity index (χ3n) is 2.91. The summed E-state index contributed by atoms with van der Waals surface area (Å²) in [7, 11) is 1.59. The first-order chi connectivity index (χ1) is 9.99. The smallest absolute Gasteiger partial charge is 0.346 e. The summed E-state index contributed by atoms with van der Waals surface area (Å²) in [5, 5.41) is 17.1. The Morgan fingerprint density at radius 1 is 1.48 bits per heavy atom. The van der Waals surface area contributed by atoms with E-state index in [2.05, 4.69) is 20.2 Å². The molecule has 10 heteroatoms. The number of carboxylic acid groups (broad SMARTS) is 1. The van der Waals surface area contributed by atoms with Crippen molar-refractivity contribution in [1.29, 1.82) is 0 Å². The molecule has 0 radical (unpaired) electrons. The van der Waals surface area contributed by atoms with Crippen molar-refractivity contribution >= 4 is 39.3 Å². The third kappa shape index (κ3) is 2.21. The summed E-state index contributed by atoms with van der Waals surface area (Å²) in [5.74, 6) is -0.987. The molecule has 0 amide bonds. The molecule has 0 bridgehead atoms. The van der Waals surface area contributed by atoms with Crippen LogP contribution in [0.5, 0.6) is 0 Å². The van der Waals surface area contributed by atoms with E-state index >= 15 is 0 Å². The van der Waals surface area contributed by atoms with Crippen LogP contribution in [0.25, 0.3) is 10.2 Å². The van der Waals surface area contributed by atoms with E-state index in [0.717, 1.165) is 11.3 Å². The van der Waals surface area contributed by atoms with Gasteiger partial charge >= 0.3 is 11.7 Å². The molecule has 0 unspecified atom stereocenters. The summed E-state index contributed by atoms with van der Waals surface area (Å²) in [4.78, 5) is 31.7. The number of fused-ring (bicyclic) bond motifs is 1. The van der Waals surface area contributed by atoms with Gasteiger partial charge in [0, 0.05) is 12.4 Å². The molecule has 0 aliphatic heterocycles. The number of carboxylic acids is 1. The molecule has 0 saturated carbocycles. The molecule has 0 saturated heterocycles. The van der Waals surface area contributed by atoms with Crippen LogP contribution in [0.3, 0.4) is 0 Å². The number of nitrogens with zero attached hydrogens (tertiary/aromatic N) is 4. The van der Waals surface area contributed by atoms with Crippen molar-refractivity contribution in [3.8, 4) is 0 Å². The zero-order chi connectivity index (χ0) is 15.1. The van der Waals surface area contributed by atoms with Crippen molar-refractivity contribution in [2.45, 2.75) is 17.1 Å². The van der Waals surface area contributed by atoms with Gasteiger partial charge in [0.15, 0.2) is 5.16 Å². The lowest BCUT2D eigenvalue weighted by Crippen LogP contribution is -2.12. The number of aromatic carboxylic acids is 1. The van der Waals surface area contributed by atoms with Crippen LogP contribution in [0.4, 0.5) is 0 Å².